The molecule has 4 rings (SSSR count). The Morgan fingerprint density at radius 3 is 2.36 bits per heavy atom. The highest BCUT2D eigenvalue weighted by Crippen LogP contribution is 2.25. The van der Waals surface area contributed by atoms with Crippen molar-refractivity contribution in [1.82, 2.24) is 24.6 Å². The molecule has 0 unspecified atom stereocenters. The van der Waals surface area contributed by atoms with Crippen LogP contribution in [-0.4, -0.2) is 56.7 Å². The number of hydrogen-bond donors (Lipinski definition) is 0. The molecule has 28 heavy (non-hydrogen) atoms. The second-order valence-corrected chi connectivity index (χ2v) is 7.55. The van der Waals surface area contributed by atoms with Crippen molar-refractivity contribution in [3.05, 3.63) is 47.4 Å². The largest absolute Gasteiger partial charge is 0.355 e. The van der Waals surface area contributed by atoms with E-state index >= 15 is 0 Å². The monoisotopic (exact) mass is 378 g/mol. The number of fused-ring (bicyclic) bond motifs is 1. The zero-order valence-corrected chi connectivity index (χ0v) is 16.9. The van der Waals surface area contributed by atoms with Crippen LogP contribution in [0.5, 0.6) is 0 Å². The van der Waals surface area contributed by atoms with E-state index in [1.54, 1.807) is 4.68 Å². The third-order valence-corrected chi connectivity index (χ3v) is 5.68. The molecule has 3 aromatic rings. The van der Waals surface area contributed by atoms with Gasteiger partial charge in [-0.05, 0) is 44.9 Å². The molecule has 146 valence electrons. The minimum atomic E-state index is -0.0103. The van der Waals surface area contributed by atoms with Gasteiger partial charge >= 0.3 is 0 Å². The molecule has 1 amide bonds. The van der Waals surface area contributed by atoms with E-state index in [1.807, 2.05) is 63.2 Å². The van der Waals surface area contributed by atoms with Crippen LogP contribution in [0.25, 0.3) is 11.0 Å². The Bertz CT molecular complexity index is 999. The van der Waals surface area contributed by atoms with Gasteiger partial charge in [0.2, 0.25) is 0 Å². The molecular weight excluding hydrogens is 352 g/mol. The van der Waals surface area contributed by atoms with Crippen molar-refractivity contribution in [1.29, 1.82) is 0 Å². The topological polar surface area (TPSA) is 67.2 Å². The molecule has 1 fully saturated rings. The predicted octanol–water partition coefficient (Wildman–Crippen LogP) is 2.72. The molecule has 1 saturated heterocycles. The molecule has 0 bridgehead atoms. The standard InChI is InChI=1S/C21H26N6O/c1-14-13-19(24-26(14)4)21(28)25(3)16-9-11-27(12-10-16)20-15(2)22-17-7-5-6-8-18(17)23-20/h5-8,13,16H,9-12H2,1-4H3. The summed E-state index contributed by atoms with van der Waals surface area (Å²) in [6, 6.07) is 10.0. The first kappa shape index (κ1) is 18.4. The molecular formula is C21H26N6O. The second kappa shape index (κ2) is 7.22. The first-order valence-electron chi connectivity index (χ1n) is 9.70. The SMILES string of the molecule is Cc1nc2ccccc2nc1N1CCC(N(C)C(=O)c2cc(C)n(C)n2)CC1. The molecule has 0 radical (unpaired) electrons. The number of para-hydroxylation sites is 2. The molecule has 0 aliphatic carbocycles. The Hall–Kier alpha value is -2.96. The van der Waals surface area contributed by atoms with E-state index in [0.717, 1.165) is 54.2 Å². The van der Waals surface area contributed by atoms with Crippen LogP contribution in [-0.2, 0) is 7.05 Å². The van der Waals surface area contributed by atoms with Crippen LogP contribution in [0, 0.1) is 13.8 Å². The van der Waals surface area contributed by atoms with E-state index in [9.17, 15) is 4.79 Å². The van der Waals surface area contributed by atoms with Crippen LogP contribution in [0.1, 0.15) is 34.7 Å². The number of hydrogen-bond acceptors (Lipinski definition) is 5. The van der Waals surface area contributed by atoms with E-state index in [-0.39, 0.29) is 11.9 Å². The lowest BCUT2D eigenvalue weighted by Crippen LogP contribution is -2.46. The first-order chi connectivity index (χ1) is 13.4. The fraction of sp³-hybridized carbons (Fsp3) is 0.429. The normalized spacial score (nSPS) is 15.2. The zero-order valence-electron chi connectivity index (χ0n) is 16.9. The average Bonchev–Trinajstić information content (AvgIpc) is 3.05. The number of benzene rings is 1. The molecule has 1 aliphatic rings. The first-order valence-corrected chi connectivity index (χ1v) is 9.70. The highest BCUT2D eigenvalue weighted by molar-refractivity contribution is 5.92. The molecule has 2 aromatic heterocycles. The number of amides is 1. The number of rotatable bonds is 3. The van der Waals surface area contributed by atoms with E-state index in [0.29, 0.717) is 5.69 Å². The highest BCUT2D eigenvalue weighted by Gasteiger charge is 2.28. The predicted molar refractivity (Wildman–Crippen MR) is 110 cm³/mol. The van der Waals surface area contributed by atoms with Crippen molar-refractivity contribution in [3.63, 3.8) is 0 Å². The number of carbonyl (C=O) groups excluding carboxylic acids is 1. The maximum Gasteiger partial charge on any atom is 0.274 e. The van der Waals surface area contributed by atoms with Crippen LogP contribution < -0.4 is 4.90 Å². The Labute approximate surface area is 165 Å². The molecule has 3 heterocycles. The quantitative estimate of drug-likeness (QED) is 0.701. The van der Waals surface area contributed by atoms with Gasteiger partial charge < -0.3 is 9.80 Å². The van der Waals surface area contributed by atoms with Crippen molar-refractivity contribution < 1.29 is 4.79 Å². The fourth-order valence-corrected chi connectivity index (χ4v) is 3.86. The van der Waals surface area contributed by atoms with Gasteiger partial charge in [-0.25, -0.2) is 9.97 Å². The maximum absolute atomic E-state index is 12.8. The number of aromatic nitrogens is 4. The molecule has 1 aliphatic heterocycles. The van der Waals surface area contributed by atoms with Gasteiger partial charge in [0.15, 0.2) is 11.5 Å². The van der Waals surface area contributed by atoms with Gasteiger partial charge in [0.1, 0.15) is 0 Å². The number of aryl methyl sites for hydroxylation is 3. The minimum Gasteiger partial charge on any atom is -0.355 e. The van der Waals surface area contributed by atoms with E-state index in [1.165, 1.54) is 0 Å². The van der Waals surface area contributed by atoms with E-state index in [2.05, 4.69) is 10.00 Å². The smallest absolute Gasteiger partial charge is 0.274 e. The third-order valence-electron chi connectivity index (χ3n) is 5.68. The lowest BCUT2D eigenvalue weighted by molar-refractivity contribution is 0.0702. The summed E-state index contributed by atoms with van der Waals surface area (Å²) in [6.07, 6.45) is 1.81. The lowest BCUT2D eigenvalue weighted by Gasteiger charge is -2.37. The Balaban J connectivity index is 1.46. The molecule has 0 spiro atoms. The average molecular weight is 378 g/mol. The van der Waals surface area contributed by atoms with E-state index < -0.39 is 0 Å². The van der Waals surface area contributed by atoms with Crippen LogP contribution in [0.4, 0.5) is 5.82 Å². The summed E-state index contributed by atoms with van der Waals surface area (Å²) < 4.78 is 1.74. The molecule has 7 heteroatoms. The van der Waals surface area contributed by atoms with Crippen molar-refractivity contribution in [3.8, 4) is 0 Å². The van der Waals surface area contributed by atoms with Crippen LogP contribution >= 0.6 is 0 Å². The summed E-state index contributed by atoms with van der Waals surface area (Å²) >= 11 is 0. The number of anilines is 1. The highest BCUT2D eigenvalue weighted by atomic mass is 16.2. The van der Waals surface area contributed by atoms with Gasteiger partial charge in [0.25, 0.3) is 5.91 Å². The third kappa shape index (κ3) is 3.32. The molecule has 7 nitrogen and oxygen atoms in total. The summed E-state index contributed by atoms with van der Waals surface area (Å²) in [7, 11) is 3.74. The van der Waals surface area contributed by atoms with Gasteiger partial charge in [0.05, 0.1) is 16.7 Å². The number of nitrogens with zero attached hydrogens (tertiary/aromatic N) is 6. The Morgan fingerprint density at radius 2 is 1.75 bits per heavy atom. The second-order valence-electron chi connectivity index (χ2n) is 7.55. The molecule has 0 atom stereocenters. The molecule has 0 N–H and O–H groups in total. The van der Waals surface area contributed by atoms with Crippen LogP contribution in [0.2, 0.25) is 0 Å². The summed E-state index contributed by atoms with van der Waals surface area (Å²) in [5.74, 6) is 0.940. The van der Waals surface area contributed by atoms with E-state index in [4.69, 9.17) is 9.97 Å². The summed E-state index contributed by atoms with van der Waals surface area (Å²) in [4.78, 5) is 26.4. The van der Waals surface area contributed by atoms with Gasteiger partial charge in [-0.1, -0.05) is 12.1 Å². The lowest BCUT2D eigenvalue weighted by atomic mass is 10.0. The van der Waals surface area contributed by atoms with Crippen molar-refractivity contribution in [2.24, 2.45) is 7.05 Å². The maximum atomic E-state index is 12.8. The number of carbonyl (C=O) groups is 1. The van der Waals surface area contributed by atoms with Gasteiger partial charge in [0, 0.05) is 38.9 Å². The van der Waals surface area contributed by atoms with Crippen LogP contribution in [0.3, 0.4) is 0 Å². The van der Waals surface area contributed by atoms with Crippen molar-refractivity contribution >= 4 is 22.8 Å². The van der Waals surface area contributed by atoms with Gasteiger partial charge in [-0.15, -0.1) is 0 Å². The Morgan fingerprint density at radius 1 is 1.11 bits per heavy atom. The summed E-state index contributed by atoms with van der Waals surface area (Å²) in [5, 5.41) is 4.33. The fourth-order valence-electron chi connectivity index (χ4n) is 3.86. The van der Waals surface area contributed by atoms with Gasteiger partial charge in [-0.2, -0.15) is 5.10 Å². The summed E-state index contributed by atoms with van der Waals surface area (Å²) in [5.41, 5.74) is 4.29. The number of piperidine rings is 1. The molecule has 0 saturated carbocycles. The van der Waals surface area contributed by atoms with Crippen LogP contribution in [0.15, 0.2) is 30.3 Å². The molecule has 1 aromatic carbocycles. The van der Waals surface area contributed by atoms with Crippen molar-refractivity contribution in [2.75, 3.05) is 25.0 Å². The minimum absolute atomic E-state index is 0.0103. The van der Waals surface area contributed by atoms with Crippen molar-refractivity contribution in [2.45, 2.75) is 32.7 Å². The van der Waals surface area contributed by atoms with Gasteiger partial charge in [-0.3, -0.25) is 9.48 Å². The zero-order chi connectivity index (χ0) is 19.8. The Kier molecular flexibility index (Phi) is 4.75. The summed E-state index contributed by atoms with van der Waals surface area (Å²) in [6.45, 7) is 5.68.